The smallest absolute Gasteiger partial charge is 0.165 e. The van der Waals surface area contributed by atoms with Crippen molar-refractivity contribution in [2.75, 3.05) is 0 Å². The molecule has 0 spiro atoms. The van der Waals surface area contributed by atoms with Gasteiger partial charge in [0.05, 0.1) is 0 Å². The molecule has 19 heavy (non-hydrogen) atoms. The van der Waals surface area contributed by atoms with Crippen molar-refractivity contribution >= 4 is 16.6 Å². The maximum absolute atomic E-state index is 12.5. The summed E-state index contributed by atoms with van der Waals surface area (Å²) in [5.74, 6) is 0.182. The number of rotatable bonds is 3. The Morgan fingerprint density at radius 3 is 2.53 bits per heavy atom. The molecule has 0 aromatic heterocycles. The highest BCUT2D eigenvalue weighted by Gasteiger charge is 2.32. The minimum Gasteiger partial charge on any atom is -0.325 e. The summed E-state index contributed by atoms with van der Waals surface area (Å²) in [5, 5.41) is 2.16. The Bertz CT molecular complexity index is 606. The molecule has 0 unspecified atom stereocenters. The molecule has 0 bridgehead atoms. The van der Waals surface area contributed by atoms with Crippen LogP contribution in [0, 0.1) is 0 Å². The molecular weight excluding hydrogens is 234 g/mol. The third kappa shape index (κ3) is 2.41. The Morgan fingerprint density at radius 1 is 1.05 bits per heavy atom. The zero-order valence-corrected chi connectivity index (χ0v) is 11.1. The van der Waals surface area contributed by atoms with Crippen molar-refractivity contribution in [1.82, 2.24) is 0 Å². The topological polar surface area (TPSA) is 43.1 Å². The molecule has 2 heteroatoms. The summed E-state index contributed by atoms with van der Waals surface area (Å²) in [6.07, 6.45) is 4.73. The summed E-state index contributed by atoms with van der Waals surface area (Å²) in [6, 6.07) is 13.9. The van der Waals surface area contributed by atoms with E-state index in [0.29, 0.717) is 6.42 Å². The number of carbonyl (C=O) groups is 1. The van der Waals surface area contributed by atoms with E-state index in [2.05, 4.69) is 0 Å². The lowest BCUT2D eigenvalue weighted by atomic mass is 9.88. The number of nitrogens with two attached hydrogens (primary N) is 1. The number of hydrogen-bond acceptors (Lipinski definition) is 2. The average molecular weight is 253 g/mol. The molecule has 1 saturated carbocycles. The van der Waals surface area contributed by atoms with Crippen LogP contribution in [0.15, 0.2) is 42.5 Å². The minimum atomic E-state index is -0.270. The van der Waals surface area contributed by atoms with E-state index in [4.69, 9.17) is 5.73 Å². The van der Waals surface area contributed by atoms with Crippen molar-refractivity contribution in [2.45, 2.75) is 37.6 Å². The first-order valence-corrected chi connectivity index (χ1v) is 6.98. The minimum absolute atomic E-state index is 0.182. The van der Waals surface area contributed by atoms with Crippen LogP contribution in [0.2, 0.25) is 0 Å². The second kappa shape index (κ2) is 4.78. The molecule has 2 nitrogen and oxygen atoms in total. The highest BCUT2D eigenvalue weighted by molar-refractivity contribution is 6.08. The molecular formula is C17H19NO. The van der Waals surface area contributed by atoms with E-state index in [1.165, 1.54) is 0 Å². The zero-order valence-electron chi connectivity index (χ0n) is 11.1. The molecule has 0 saturated heterocycles. The third-order valence-electron chi connectivity index (χ3n) is 4.20. The average Bonchev–Trinajstić information content (AvgIpc) is 2.84. The Labute approximate surface area is 113 Å². The van der Waals surface area contributed by atoms with Gasteiger partial charge in [0, 0.05) is 17.5 Å². The lowest BCUT2D eigenvalue weighted by molar-refractivity contribution is 0.0954. The Morgan fingerprint density at radius 2 is 1.74 bits per heavy atom. The molecule has 2 aromatic rings. The first kappa shape index (κ1) is 12.4. The van der Waals surface area contributed by atoms with Crippen LogP contribution in [0.5, 0.6) is 0 Å². The molecule has 1 aliphatic rings. The van der Waals surface area contributed by atoms with Gasteiger partial charge in [-0.1, -0.05) is 55.3 Å². The van der Waals surface area contributed by atoms with Gasteiger partial charge in [0.25, 0.3) is 0 Å². The van der Waals surface area contributed by atoms with E-state index in [1.807, 2.05) is 42.5 Å². The number of ketones is 1. The number of carbonyl (C=O) groups excluding carboxylic acids is 1. The van der Waals surface area contributed by atoms with Crippen molar-refractivity contribution in [3.8, 4) is 0 Å². The monoisotopic (exact) mass is 253 g/mol. The fourth-order valence-electron chi connectivity index (χ4n) is 3.14. The highest BCUT2D eigenvalue weighted by atomic mass is 16.1. The van der Waals surface area contributed by atoms with Crippen LogP contribution >= 0.6 is 0 Å². The van der Waals surface area contributed by atoms with Gasteiger partial charge in [-0.25, -0.2) is 0 Å². The van der Waals surface area contributed by atoms with Gasteiger partial charge >= 0.3 is 0 Å². The Hall–Kier alpha value is -1.67. The first-order chi connectivity index (χ1) is 9.18. The normalized spacial score (nSPS) is 17.7. The van der Waals surface area contributed by atoms with E-state index in [0.717, 1.165) is 42.0 Å². The SMILES string of the molecule is NC1(CC(=O)c2cccc3ccccc23)CCCC1. The van der Waals surface area contributed by atoms with Gasteiger partial charge in [-0.15, -0.1) is 0 Å². The summed E-state index contributed by atoms with van der Waals surface area (Å²) in [7, 11) is 0. The van der Waals surface area contributed by atoms with E-state index < -0.39 is 0 Å². The van der Waals surface area contributed by atoms with Crippen LogP contribution in [-0.4, -0.2) is 11.3 Å². The summed E-state index contributed by atoms with van der Waals surface area (Å²) in [6.45, 7) is 0. The van der Waals surface area contributed by atoms with Gasteiger partial charge in [0.1, 0.15) is 0 Å². The van der Waals surface area contributed by atoms with Gasteiger partial charge in [0.2, 0.25) is 0 Å². The van der Waals surface area contributed by atoms with Gasteiger partial charge in [-0.05, 0) is 23.6 Å². The summed E-state index contributed by atoms with van der Waals surface area (Å²) in [5.41, 5.74) is 6.87. The van der Waals surface area contributed by atoms with E-state index in [1.54, 1.807) is 0 Å². The molecule has 0 atom stereocenters. The molecule has 0 radical (unpaired) electrons. The second-order valence-electron chi connectivity index (χ2n) is 5.70. The molecule has 2 aromatic carbocycles. The lowest BCUT2D eigenvalue weighted by Gasteiger charge is -2.22. The second-order valence-corrected chi connectivity index (χ2v) is 5.70. The van der Waals surface area contributed by atoms with Crippen LogP contribution in [0.4, 0.5) is 0 Å². The van der Waals surface area contributed by atoms with E-state index in [-0.39, 0.29) is 11.3 Å². The van der Waals surface area contributed by atoms with Crippen molar-refractivity contribution in [1.29, 1.82) is 0 Å². The standard InChI is InChI=1S/C17H19NO/c18-17(10-3-4-11-17)12-16(19)15-9-5-7-13-6-1-2-8-14(13)15/h1-2,5-9H,3-4,10-12,18H2. The number of fused-ring (bicyclic) bond motifs is 1. The molecule has 0 amide bonds. The molecule has 0 aliphatic heterocycles. The van der Waals surface area contributed by atoms with Crippen molar-refractivity contribution in [3.63, 3.8) is 0 Å². The molecule has 1 aliphatic carbocycles. The van der Waals surface area contributed by atoms with E-state index in [9.17, 15) is 4.79 Å². The maximum atomic E-state index is 12.5. The fourth-order valence-corrected chi connectivity index (χ4v) is 3.14. The summed E-state index contributed by atoms with van der Waals surface area (Å²) >= 11 is 0. The Balaban J connectivity index is 1.93. The van der Waals surface area contributed by atoms with Crippen LogP contribution in [0.1, 0.15) is 42.5 Å². The van der Waals surface area contributed by atoms with Crippen molar-refractivity contribution < 1.29 is 4.79 Å². The van der Waals surface area contributed by atoms with Gasteiger partial charge in [0.15, 0.2) is 5.78 Å². The largest absolute Gasteiger partial charge is 0.325 e. The summed E-state index contributed by atoms with van der Waals surface area (Å²) < 4.78 is 0. The first-order valence-electron chi connectivity index (χ1n) is 6.98. The van der Waals surface area contributed by atoms with Crippen LogP contribution in [0.3, 0.4) is 0 Å². The van der Waals surface area contributed by atoms with Crippen LogP contribution in [0.25, 0.3) is 10.8 Å². The van der Waals surface area contributed by atoms with Gasteiger partial charge in [-0.3, -0.25) is 4.79 Å². The zero-order chi connectivity index (χ0) is 13.3. The number of Topliss-reactive ketones (excluding diaryl/α,β-unsaturated/α-hetero) is 1. The molecule has 1 fully saturated rings. The van der Waals surface area contributed by atoms with Gasteiger partial charge in [-0.2, -0.15) is 0 Å². The third-order valence-corrected chi connectivity index (χ3v) is 4.20. The number of hydrogen-bond donors (Lipinski definition) is 1. The maximum Gasteiger partial charge on any atom is 0.165 e. The molecule has 0 heterocycles. The van der Waals surface area contributed by atoms with Crippen molar-refractivity contribution in [2.24, 2.45) is 5.73 Å². The quantitative estimate of drug-likeness (QED) is 0.848. The van der Waals surface area contributed by atoms with Gasteiger partial charge < -0.3 is 5.73 Å². The summed E-state index contributed by atoms with van der Waals surface area (Å²) in [4.78, 5) is 12.5. The predicted octanol–water partition coefficient (Wildman–Crippen LogP) is 3.68. The van der Waals surface area contributed by atoms with Crippen LogP contribution < -0.4 is 5.73 Å². The molecule has 2 N–H and O–H groups in total. The molecule has 3 rings (SSSR count). The fraction of sp³-hybridized carbons (Fsp3) is 0.353. The predicted molar refractivity (Wildman–Crippen MR) is 78.3 cm³/mol. The van der Waals surface area contributed by atoms with Crippen LogP contribution in [-0.2, 0) is 0 Å². The highest BCUT2D eigenvalue weighted by Crippen LogP contribution is 2.32. The molecule has 98 valence electrons. The number of benzene rings is 2. The van der Waals surface area contributed by atoms with Crippen molar-refractivity contribution in [3.05, 3.63) is 48.0 Å². The van der Waals surface area contributed by atoms with E-state index >= 15 is 0 Å². The lowest BCUT2D eigenvalue weighted by Crippen LogP contribution is -2.38. The Kier molecular flexibility index (Phi) is 3.11.